The Morgan fingerprint density at radius 1 is 1.44 bits per heavy atom. The third-order valence-corrected chi connectivity index (χ3v) is 3.23. The zero-order valence-electron chi connectivity index (χ0n) is 10.9. The van der Waals surface area contributed by atoms with Crippen molar-refractivity contribution in [2.24, 2.45) is 0 Å². The van der Waals surface area contributed by atoms with Gasteiger partial charge in [-0.25, -0.2) is 0 Å². The highest BCUT2D eigenvalue weighted by molar-refractivity contribution is 14.1. The number of hydrogen-bond acceptors (Lipinski definition) is 2. The Balaban J connectivity index is 2.35. The van der Waals surface area contributed by atoms with Gasteiger partial charge in [0.1, 0.15) is 5.75 Å². The number of halogens is 1. The molecule has 1 atom stereocenters. The van der Waals surface area contributed by atoms with Gasteiger partial charge in [-0.2, -0.15) is 0 Å². The van der Waals surface area contributed by atoms with Crippen LogP contribution in [0.2, 0.25) is 0 Å². The van der Waals surface area contributed by atoms with Crippen LogP contribution < -0.4 is 10.1 Å². The fraction of sp³-hybridized carbons (Fsp3) is 0.500. The Bertz CT molecular complexity index is 382. The van der Waals surface area contributed by atoms with Gasteiger partial charge in [-0.3, -0.25) is 4.79 Å². The zero-order chi connectivity index (χ0) is 13.4. The molecule has 1 N–H and O–H groups in total. The van der Waals surface area contributed by atoms with Crippen LogP contribution in [-0.2, 0) is 4.79 Å². The summed E-state index contributed by atoms with van der Waals surface area (Å²) >= 11 is 2.22. The second-order valence-corrected chi connectivity index (χ2v) is 5.46. The summed E-state index contributed by atoms with van der Waals surface area (Å²) in [6.07, 6.45) is 2.87. The minimum Gasteiger partial charge on any atom is -0.481 e. The molecular weight excluding hydrogens is 341 g/mol. The van der Waals surface area contributed by atoms with Gasteiger partial charge in [0.25, 0.3) is 5.91 Å². The summed E-state index contributed by atoms with van der Waals surface area (Å²) in [7, 11) is 0. The van der Waals surface area contributed by atoms with E-state index in [1.165, 1.54) is 0 Å². The molecule has 1 rings (SSSR count). The molecule has 0 spiro atoms. The van der Waals surface area contributed by atoms with Crippen LogP contribution in [-0.4, -0.2) is 18.6 Å². The highest BCUT2D eigenvalue weighted by Gasteiger charge is 2.13. The van der Waals surface area contributed by atoms with E-state index in [4.69, 9.17) is 4.74 Å². The van der Waals surface area contributed by atoms with Crippen molar-refractivity contribution in [3.63, 3.8) is 0 Å². The molecule has 100 valence electrons. The topological polar surface area (TPSA) is 38.3 Å². The van der Waals surface area contributed by atoms with Crippen LogP contribution >= 0.6 is 22.6 Å². The van der Waals surface area contributed by atoms with Crippen molar-refractivity contribution in [3.05, 3.63) is 27.8 Å². The first-order valence-electron chi connectivity index (χ1n) is 6.33. The number of unbranched alkanes of at least 4 members (excludes halogenated alkanes) is 2. The Hall–Kier alpha value is -0.780. The summed E-state index contributed by atoms with van der Waals surface area (Å²) in [5, 5.41) is 2.89. The van der Waals surface area contributed by atoms with Crippen molar-refractivity contribution in [1.29, 1.82) is 0 Å². The number of amides is 1. The first kappa shape index (κ1) is 15.3. The third kappa shape index (κ3) is 5.71. The van der Waals surface area contributed by atoms with Gasteiger partial charge in [-0.15, -0.1) is 0 Å². The number of nitrogens with one attached hydrogen (secondary N) is 1. The van der Waals surface area contributed by atoms with Crippen LogP contribution in [0, 0.1) is 3.57 Å². The van der Waals surface area contributed by atoms with E-state index in [2.05, 4.69) is 34.8 Å². The zero-order valence-corrected chi connectivity index (χ0v) is 13.1. The van der Waals surface area contributed by atoms with E-state index in [0.717, 1.165) is 35.1 Å². The van der Waals surface area contributed by atoms with E-state index in [-0.39, 0.29) is 5.91 Å². The lowest BCUT2D eigenvalue weighted by atomic mass is 10.2. The second-order valence-electron chi connectivity index (χ2n) is 4.22. The van der Waals surface area contributed by atoms with Crippen LogP contribution in [0.3, 0.4) is 0 Å². The molecule has 0 fully saturated rings. The van der Waals surface area contributed by atoms with Crippen LogP contribution in [0.25, 0.3) is 0 Å². The fourth-order valence-corrected chi connectivity index (χ4v) is 2.04. The standard InChI is InChI=1S/C14H20INO2/c1-3-4-5-9-16-14(17)11(2)18-13-8-6-7-12(15)10-13/h6-8,10-11H,3-5,9H2,1-2H3,(H,16,17). The van der Waals surface area contributed by atoms with Crippen LogP contribution in [0.4, 0.5) is 0 Å². The first-order chi connectivity index (χ1) is 8.63. The lowest BCUT2D eigenvalue weighted by Gasteiger charge is -2.14. The van der Waals surface area contributed by atoms with E-state index < -0.39 is 6.10 Å². The van der Waals surface area contributed by atoms with E-state index >= 15 is 0 Å². The average Bonchev–Trinajstić information content (AvgIpc) is 2.34. The summed E-state index contributed by atoms with van der Waals surface area (Å²) in [5.41, 5.74) is 0. The molecule has 1 amide bonds. The molecule has 1 aromatic rings. The number of rotatable bonds is 7. The van der Waals surface area contributed by atoms with Crippen molar-refractivity contribution in [1.82, 2.24) is 5.32 Å². The monoisotopic (exact) mass is 361 g/mol. The molecule has 3 nitrogen and oxygen atoms in total. The summed E-state index contributed by atoms with van der Waals surface area (Å²) < 4.78 is 6.69. The van der Waals surface area contributed by atoms with E-state index in [0.29, 0.717) is 0 Å². The van der Waals surface area contributed by atoms with Crippen LogP contribution in [0.5, 0.6) is 5.75 Å². The first-order valence-corrected chi connectivity index (χ1v) is 7.41. The van der Waals surface area contributed by atoms with Crippen molar-refractivity contribution in [2.45, 2.75) is 39.2 Å². The summed E-state index contributed by atoms with van der Waals surface area (Å²) in [5.74, 6) is 0.683. The van der Waals surface area contributed by atoms with Crippen LogP contribution in [0.1, 0.15) is 33.1 Å². The summed E-state index contributed by atoms with van der Waals surface area (Å²) in [6.45, 7) is 4.65. The molecule has 1 unspecified atom stereocenters. The van der Waals surface area contributed by atoms with E-state index in [9.17, 15) is 4.79 Å². The number of ether oxygens (including phenoxy) is 1. The number of carbonyl (C=O) groups excluding carboxylic acids is 1. The quantitative estimate of drug-likeness (QED) is 0.598. The number of benzene rings is 1. The predicted molar refractivity (Wildman–Crippen MR) is 81.8 cm³/mol. The van der Waals surface area contributed by atoms with Gasteiger partial charge in [0.05, 0.1) is 0 Å². The maximum absolute atomic E-state index is 11.8. The maximum Gasteiger partial charge on any atom is 0.260 e. The Kier molecular flexibility index (Phi) is 7.08. The van der Waals surface area contributed by atoms with Gasteiger partial charge in [0.2, 0.25) is 0 Å². The molecule has 0 aromatic heterocycles. The Labute approximate surface area is 122 Å². The van der Waals surface area contributed by atoms with Gasteiger partial charge in [-0.1, -0.05) is 25.8 Å². The van der Waals surface area contributed by atoms with Crippen molar-refractivity contribution < 1.29 is 9.53 Å². The lowest BCUT2D eigenvalue weighted by molar-refractivity contribution is -0.127. The molecule has 4 heteroatoms. The molecule has 0 heterocycles. The highest BCUT2D eigenvalue weighted by Crippen LogP contribution is 2.16. The second kappa shape index (κ2) is 8.34. The molecule has 0 aliphatic carbocycles. The molecule has 0 aliphatic heterocycles. The predicted octanol–water partition coefficient (Wildman–Crippen LogP) is 3.36. The normalized spacial score (nSPS) is 11.9. The van der Waals surface area contributed by atoms with Gasteiger partial charge < -0.3 is 10.1 Å². The van der Waals surface area contributed by atoms with Crippen LogP contribution in [0.15, 0.2) is 24.3 Å². The van der Waals surface area contributed by atoms with Crippen molar-refractivity contribution in [2.75, 3.05) is 6.54 Å². The fourth-order valence-electron chi connectivity index (χ4n) is 1.53. The molecule has 18 heavy (non-hydrogen) atoms. The minimum absolute atomic E-state index is 0.0510. The smallest absolute Gasteiger partial charge is 0.260 e. The highest BCUT2D eigenvalue weighted by atomic mass is 127. The largest absolute Gasteiger partial charge is 0.481 e. The van der Waals surface area contributed by atoms with Gasteiger partial charge in [0.15, 0.2) is 6.10 Å². The SMILES string of the molecule is CCCCCNC(=O)C(C)Oc1cccc(I)c1. The molecule has 0 bridgehead atoms. The van der Waals surface area contributed by atoms with Crippen molar-refractivity contribution in [3.8, 4) is 5.75 Å². The van der Waals surface area contributed by atoms with Gasteiger partial charge >= 0.3 is 0 Å². The molecular formula is C14H20INO2. The van der Waals surface area contributed by atoms with E-state index in [1.54, 1.807) is 6.92 Å². The molecule has 1 aromatic carbocycles. The molecule has 0 radical (unpaired) electrons. The summed E-state index contributed by atoms with van der Waals surface area (Å²) in [6, 6.07) is 7.69. The number of carbonyl (C=O) groups is 1. The Morgan fingerprint density at radius 3 is 2.89 bits per heavy atom. The van der Waals surface area contributed by atoms with E-state index in [1.807, 2.05) is 24.3 Å². The third-order valence-electron chi connectivity index (χ3n) is 2.56. The lowest BCUT2D eigenvalue weighted by Crippen LogP contribution is -2.36. The van der Waals surface area contributed by atoms with Crippen molar-refractivity contribution >= 4 is 28.5 Å². The minimum atomic E-state index is -0.454. The Morgan fingerprint density at radius 2 is 2.22 bits per heavy atom. The van der Waals surface area contributed by atoms with Gasteiger partial charge in [0, 0.05) is 10.1 Å². The summed E-state index contributed by atoms with van der Waals surface area (Å²) in [4.78, 5) is 11.8. The van der Waals surface area contributed by atoms with Gasteiger partial charge in [-0.05, 0) is 54.1 Å². The molecule has 0 saturated carbocycles. The maximum atomic E-state index is 11.8. The average molecular weight is 361 g/mol. The molecule has 0 saturated heterocycles. The molecule has 0 aliphatic rings. The number of hydrogen-bond donors (Lipinski definition) is 1.